The van der Waals surface area contributed by atoms with E-state index in [-0.39, 0.29) is 11.2 Å². The van der Waals surface area contributed by atoms with Crippen LogP contribution < -0.4 is 0 Å². The molecule has 0 spiro atoms. The first-order valence-corrected chi connectivity index (χ1v) is 7.76. The van der Waals surface area contributed by atoms with Gasteiger partial charge in [-0.1, -0.05) is 49.6 Å². The second-order valence-electron chi connectivity index (χ2n) is 5.90. The molecule has 1 heterocycles. The maximum Gasteiger partial charge on any atom is 0.207 e. The van der Waals surface area contributed by atoms with Crippen LogP contribution in [0.25, 0.3) is 0 Å². The molecule has 1 aromatic carbocycles. The van der Waals surface area contributed by atoms with Crippen LogP contribution in [0.2, 0.25) is 0 Å². The van der Waals surface area contributed by atoms with Crippen LogP contribution in [0.1, 0.15) is 50.5 Å². The van der Waals surface area contributed by atoms with Gasteiger partial charge in [0.05, 0.1) is 12.0 Å². The Morgan fingerprint density at radius 1 is 1.00 bits per heavy atom. The number of ketones is 1. The van der Waals surface area contributed by atoms with Gasteiger partial charge in [0.15, 0.2) is 5.76 Å². The minimum Gasteiger partial charge on any atom is -0.490 e. The Hall–Kier alpha value is -1.57. The topological polar surface area (TPSA) is 26.3 Å². The first-order valence-electron chi connectivity index (χ1n) is 7.76. The van der Waals surface area contributed by atoms with Crippen LogP contribution in [0.4, 0.5) is 0 Å². The summed E-state index contributed by atoms with van der Waals surface area (Å²) >= 11 is 0. The van der Waals surface area contributed by atoms with Gasteiger partial charge in [-0.05, 0) is 37.3 Å². The smallest absolute Gasteiger partial charge is 0.207 e. The van der Waals surface area contributed by atoms with Crippen molar-refractivity contribution < 1.29 is 9.53 Å². The summed E-state index contributed by atoms with van der Waals surface area (Å²) in [4.78, 5) is 13.1. The predicted octanol–water partition coefficient (Wildman–Crippen LogP) is 4.15. The van der Waals surface area contributed by atoms with Crippen LogP contribution in [-0.2, 0) is 14.9 Å². The molecule has 1 aliphatic heterocycles. The number of benzene rings is 1. The van der Waals surface area contributed by atoms with E-state index >= 15 is 0 Å². The molecule has 0 saturated heterocycles. The lowest BCUT2D eigenvalue weighted by Crippen LogP contribution is -2.39. The summed E-state index contributed by atoms with van der Waals surface area (Å²) in [5.41, 5.74) is 0.822. The Balaban J connectivity index is 1.97. The highest BCUT2D eigenvalue weighted by atomic mass is 16.5. The second kappa shape index (κ2) is 5.82. The van der Waals surface area contributed by atoms with Crippen LogP contribution in [-0.4, -0.2) is 12.4 Å². The van der Waals surface area contributed by atoms with Gasteiger partial charge in [-0.15, -0.1) is 0 Å². The molecule has 1 aliphatic carbocycles. The third-order valence-corrected chi connectivity index (χ3v) is 4.63. The average Bonchev–Trinajstić information content (AvgIpc) is 2.56. The van der Waals surface area contributed by atoms with Crippen LogP contribution in [0.5, 0.6) is 0 Å². The minimum atomic E-state index is -0.345. The standard InChI is InChI=1S/C18H22O2/c19-17(16-11-5-8-14-20-16)18(12-6-2-7-13-18)15-9-3-1-4-10-15/h1,3-4,9-11H,2,5-8,12-14H2. The van der Waals surface area contributed by atoms with Gasteiger partial charge in [0.2, 0.25) is 5.78 Å². The molecular weight excluding hydrogens is 248 g/mol. The molecule has 3 rings (SSSR count). The number of Topliss-reactive ketones (excluding diaryl/α,β-unsaturated/α-hetero) is 1. The van der Waals surface area contributed by atoms with E-state index in [1.54, 1.807) is 0 Å². The van der Waals surface area contributed by atoms with E-state index in [2.05, 4.69) is 12.1 Å². The SMILES string of the molecule is O=C(C1=CCCCO1)C1(c2ccccc2)CCCCC1. The molecule has 0 unspecified atom stereocenters. The van der Waals surface area contributed by atoms with Crippen molar-refractivity contribution in [2.24, 2.45) is 0 Å². The molecule has 106 valence electrons. The fourth-order valence-electron chi connectivity index (χ4n) is 3.51. The van der Waals surface area contributed by atoms with Gasteiger partial charge in [0.1, 0.15) is 0 Å². The van der Waals surface area contributed by atoms with E-state index < -0.39 is 0 Å². The fraction of sp³-hybridized carbons (Fsp3) is 0.500. The summed E-state index contributed by atoms with van der Waals surface area (Å²) in [6, 6.07) is 10.3. The molecular formula is C18H22O2. The van der Waals surface area contributed by atoms with Crippen molar-refractivity contribution in [2.75, 3.05) is 6.61 Å². The molecule has 2 heteroatoms. The van der Waals surface area contributed by atoms with Crippen molar-refractivity contribution >= 4 is 5.78 Å². The molecule has 1 aromatic rings. The number of allylic oxidation sites excluding steroid dienone is 2. The van der Waals surface area contributed by atoms with E-state index in [1.807, 2.05) is 24.3 Å². The molecule has 0 atom stereocenters. The van der Waals surface area contributed by atoms with Crippen molar-refractivity contribution in [2.45, 2.75) is 50.4 Å². The lowest BCUT2D eigenvalue weighted by atomic mass is 9.66. The van der Waals surface area contributed by atoms with Gasteiger partial charge in [0, 0.05) is 0 Å². The number of ether oxygens (including phenoxy) is 1. The number of hydrogen-bond acceptors (Lipinski definition) is 2. The van der Waals surface area contributed by atoms with Crippen molar-refractivity contribution in [3.05, 3.63) is 47.7 Å². The van der Waals surface area contributed by atoms with E-state index in [0.717, 1.165) is 38.5 Å². The first kappa shape index (κ1) is 13.4. The Kier molecular flexibility index (Phi) is 3.90. The Morgan fingerprint density at radius 2 is 1.75 bits per heavy atom. The van der Waals surface area contributed by atoms with E-state index in [0.29, 0.717) is 12.4 Å². The van der Waals surface area contributed by atoms with Crippen molar-refractivity contribution in [3.8, 4) is 0 Å². The van der Waals surface area contributed by atoms with Crippen LogP contribution >= 0.6 is 0 Å². The molecule has 1 fully saturated rings. The van der Waals surface area contributed by atoms with Gasteiger partial charge in [0.25, 0.3) is 0 Å². The van der Waals surface area contributed by atoms with Gasteiger partial charge >= 0.3 is 0 Å². The van der Waals surface area contributed by atoms with Crippen molar-refractivity contribution in [1.82, 2.24) is 0 Å². The normalized spacial score (nSPS) is 21.7. The zero-order valence-corrected chi connectivity index (χ0v) is 11.9. The zero-order chi connectivity index (χ0) is 13.8. The zero-order valence-electron chi connectivity index (χ0n) is 11.9. The summed E-state index contributed by atoms with van der Waals surface area (Å²) in [6.07, 6.45) is 9.39. The van der Waals surface area contributed by atoms with Crippen molar-refractivity contribution in [1.29, 1.82) is 0 Å². The Labute approximate surface area is 120 Å². The quantitative estimate of drug-likeness (QED) is 0.824. The van der Waals surface area contributed by atoms with E-state index in [1.165, 1.54) is 12.0 Å². The van der Waals surface area contributed by atoms with Gasteiger partial charge in [-0.3, -0.25) is 4.79 Å². The third kappa shape index (κ3) is 2.39. The summed E-state index contributed by atoms with van der Waals surface area (Å²) < 4.78 is 5.65. The van der Waals surface area contributed by atoms with Gasteiger partial charge in [-0.25, -0.2) is 0 Å². The summed E-state index contributed by atoms with van der Waals surface area (Å²) in [7, 11) is 0. The number of rotatable bonds is 3. The monoisotopic (exact) mass is 270 g/mol. The fourth-order valence-corrected chi connectivity index (χ4v) is 3.51. The number of carbonyl (C=O) groups is 1. The highest BCUT2D eigenvalue weighted by Gasteiger charge is 2.43. The molecule has 0 amide bonds. The molecule has 1 saturated carbocycles. The maximum atomic E-state index is 13.1. The lowest BCUT2D eigenvalue weighted by Gasteiger charge is -2.37. The molecule has 2 nitrogen and oxygen atoms in total. The number of hydrogen-bond donors (Lipinski definition) is 0. The van der Waals surface area contributed by atoms with E-state index in [4.69, 9.17) is 4.74 Å². The maximum absolute atomic E-state index is 13.1. The summed E-state index contributed by atoms with van der Waals surface area (Å²) in [5.74, 6) is 0.824. The lowest BCUT2D eigenvalue weighted by molar-refractivity contribution is -0.126. The average molecular weight is 270 g/mol. The second-order valence-corrected chi connectivity index (χ2v) is 5.90. The summed E-state index contributed by atoms with van der Waals surface area (Å²) in [6.45, 7) is 0.683. The third-order valence-electron chi connectivity index (χ3n) is 4.63. The predicted molar refractivity (Wildman–Crippen MR) is 79.5 cm³/mol. The Morgan fingerprint density at radius 3 is 2.40 bits per heavy atom. The highest BCUT2D eigenvalue weighted by Crippen LogP contribution is 2.42. The molecule has 2 aliphatic rings. The van der Waals surface area contributed by atoms with Gasteiger partial charge < -0.3 is 4.74 Å². The summed E-state index contributed by atoms with van der Waals surface area (Å²) in [5, 5.41) is 0. The largest absolute Gasteiger partial charge is 0.490 e. The molecule has 20 heavy (non-hydrogen) atoms. The Bertz CT molecular complexity index is 495. The van der Waals surface area contributed by atoms with Crippen LogP contribution in [0.3, 0.4) is 0 Å². The van der Waals surface area contributed by atoms with Crippen molar-refractivity contribution in [3.63, 3.8) is 0 Å². The first-order chi connectivity index (χ1) is 9.83. The molecule has 0 radical (unpaired) electrons. The molecule has 0 aromatic heterocycles. The van der Waals surface area contributed by atoms with Crippen LogP contribution in [0, 0.1) is 0 Å². The van der Waals surface area contributed by atoms with E-state index in [9.17, 15) is 4.79 Å². The van der Waals surface area contributed by atoms with Gasteiger partial charge in [-0.2, -0.15) is 0 Å². The van der Waals surface area contributed by atoms with Crippen LogP contribution in [0.15, 0.2) is 42.2 Å². The molecule has 0 bridgehead atoms. The molecule has 0 N–H and O–H groups in total. The number of carbonyl (C=O) groups excluding carboxylic acids is 1. The minimum absolute atomic E-state index is 0.211. The highest BCUT2D eigenvalue weighted by molar-refractivity contribution is 6.02.